The first-order valence-corrected chi connectivity index (χ1v) is 10.9. The fourth-order valence-corrected chi connectivity index (χ4v) is 4.68. The molecule has 0 bridgehead atoms. The molecule has 1 atom stereocenters. The lowest BCUT2D eigenvalue weighted by molar-refractivity contribution is 0.00696. The Morgan fingerprint density at radius 1 is 1.14 bits per heavy atom. The summed E-state index contributed by atoms with van der Waals surface area (Å²) in [7, 11) is 2.15. The minimum Gasteiger partial charge on any atom is -0.373 e. The predicted octanol–water partition coefficient (Wildman–Crippen LogP) is 5.88. The van der Waals surface area contributed by atoms with Crippen molar-refractivity contribution in [3.05, 3.63) is 76.1 Å². The number of hydrogen-bond donors (Lipinski definition) is 0. The van der Waals surface area contributed by atoms with Crippen LogP contribution >= 0.6 is 15.9 Å². The summed E-state index contributed by atoms with van der Waals surface area (Å²) in [6.45, 7) is 4.72. The van der Waals surface area contributed by atoms with Crippen LogP contribution in [-0.2, 0) is 10.2 Å². The Labute approximate surface area is 180 Å². The van der Waals surface area contributed by atoms with Gasteiger partial charge in [0, 0.05) is 27.0 Å². The number of halogens is 2. The summed E-state index contributed by atoms with van der Waals surface area (Å²) < 4.78 is 21.0. The quantitative estimate of drug-likeness (QED) is 0.479. The Hall–Kier alpha value is -1.82. The fraction of sp³-hybridized carbons (Fsp3) is 0.375. The molecule has 152 valence electrons. The van der Waals surface area contributed by atoms with Gasteiger partial charge in [-0.05, 0) is 69.7 Å². The van der Waals surface area contributed by atoms with E-state index in [9.17, 15) is 4.39 Å². The van der Waals surface area contributed by atoms with Crippen molar-refractivity contribution >= 4 is 26.8 Å². The van der Waals surface area contributed by atoms with Gasteiger partial charge in [-0.1, -0.05) is 40.2 Å². The highest BCUT2D eigenvalue weighted by atomic mass is 79.9. The standard InChI is InChI=1S/C24H26BrFN2O/c1-17(20-9-10-22(25)21-4-3-13-27-23(20)21)29-16-24(11-14-28(2)15-12-24)18-5-7-19(26)8-6-18/h3-10,13,17H,11-12,14-16H2,1-2H3. The van der Waals surface area contributed by atoms with Crippen LogP contribution in [0, 0.1) is 5.82 Å². The maximum absolute atomic E-state index is 13.5. The third-order valence-corrected chi connectivity index (χ3v) is 6.89. The van der Waals surface area contributed by atoms with Gasteiger partial charge in [0.2, 0.25) is 0 Å². The van der Waals surface area contributed by atoms with Gasteiger partial charge in [-0.25, -0.2) is 4.39 Å². The monoisotopic (exact) mass is 456 g/mol. The number of hydrogen-bond acceptors (Lipinski definition) is 3. The number of pyridine rings is 1. The van der Waals surface area contributed by atoms with Crippen molar-refractivity contribution < 1.29 is 9.13 Å². The van der Waals surface area contributed by atoms with Crippen LogP contribution in [-0.4, -0.2) is 36.6 Å². The van der Waals surface area contributed by atoms with Gasteiger partial charge in [-0.3, -0.25) is 4.98 Å². The average molecular weight is 457 g/mol. The second-order valence-corrected chi connectivity index (χ2v) is 8.93. The van der Waals surface area contributed by atoms with E-state index < -0.39 is 0 Å². The molecule has 1 unspecified atom stereocenters. The normalized spacial score (nSPS) is 18.1. The number of aromatic nitrogens is 1. The van der Waals surface area contributed by atoms with Crippen molar-refractivity contribution in [2.24, 2.45) is 0 Å². The molecule has 2 aromatic carbocycles. The van der Waals surface area contributed by atoms with Crippen molar-refractivity contribution in [2.45, 2.75) is 31.3 Å². The molecular weight excluding hydrogens is 431 g/mol. The molecule has 4 rings (SSSR count). The maximum Gasteiger partial charge on any atom is 0.123 e. The molecule has 0 saturated carbocycles. The number of likely N-dealkylation sites (tertiary alicyclic amines) is 1. The van der Waals surface area contributed by atoms with Gasteiger partial charge in [0.15, 0.2) is 0 Å². The van der Waals surface area contributed by atoms with Gasteiger partial charge in [-0.15, -0.1) is 0 Å². The van der Waals surface area contributed by atoms with E-state index in [0.717, 1.165) is 52.4 Å². The Kier molecular flexibility index (Phi) is 6.00. The van der Waals surface area contributed by atoms with E-state index in [4.69, 9.17) is 4.74 Å². The second kappa shape index (κ2) is 8.50. The van der Waals surface area contributed by atoms with Gasteiger partial charge in [0.05, 0.1) is 18.2 Å². The molecule has 5 heteroatoms. The molecule has 1 fully saturated rings. The first-order valence-electron chi connectivity index (χ1n) is 10.1. The molecular formula is C24H26BrFN2O. The second-order valence-electron chi connectivity index (χ2n) is 8.08. The highest BCUT2D eigenvalue weighted by Gasteiger charge is 2.36. The minimum atomic E-state index is -0.196. The van der Waals surface area contributed by atoms with E-state index in [-0.39, 0.29) is 17.3 Å². The SMILES string of the molecule is CC(OCC1(c2ccc(F)cc2)CCN(C)CC1)c1ccc(Br)c2cccnc12. The van der Waals surface area contributed by atoms with Crippen molar-refractivity contribution in [3.63, 3.8) is 0 Å². The van der Waals surface area contributed by atoms with E-state index >= 15 is 0 Å². The molecule has 0 spiro atoms. The lowest BCUT2D eigenvalue weighted by atomic mass is 9.73. The molecule has 0 aliphatic carbocycles. The van der Waals surface area contributed by atoms with Crippen LogP contribution in [0.5, 0.6) is 0 Å². The number of ether oxygens (including phenoxy) is 1. The summed E-state index contributed by atoms with van der Waals surface area (Å²) in [5.41, 5.74) is 3.13. The summed E-state index contributed by atoms with van der Waals surface area (Å²) in [5.74, 6) is -0.196. The highest BCUT2D eigenvalue weighted by molar-refractivity contribution is 9.10. The third-order valence-electron chi connectivity index (χ3n) is 6.20. The molecule has 3 aromatic rings. The van der Waals surface area contributed by atoms with Crippen LogP contribution in [0.4, 0.5) is 4.39 Å². The zero-order valence-corrected chi connectivity index (χ0v) is 18.5. The van der Waals surface area contributed by atoms with Gasteiger partial charge >= 0.3 is 0 Å². The molecule has 1 aliphatic heterocycles. The molecule has 0 N–H and O–H groups in total. The molecule has 29 heavy (non-hydrogen) atoms. The van der Waals surface area contributed by atoms with E-state index in [1.165, 1.54) is 0 Å². The van der Waals surface area contributed by atoms with Gasteiger partial charge in [0.25, 0.3) is 0 Å². The van der Waals surface area contributed by atoms with Crippen LogP contribution < -0.4 is 0 Å². The van der Waals surface area contributed by atoms with Crippen molar-refractivity contribution in [2.75, 3.05) is 26.7 Å². The van der Waals surface area contributed by atoms with Crippen LogP contribution in [0.1, 0.15) is 37.0 Å². The summed E-state index contributed by atoms with van der Waals surface area (Å²) in [4.78, 5) is 6.94. The maximum atomic E-state index is 13.5. The first-order chi connectivity index (χ1) is 14.0. The number of rotatable bonds is 5. The Bertz CT molecular complexity index is 984. The molecule has 0 radical (unpaired) electrons. The van der Waals surface area contributed by atoms with E-state index in [0.29, 0.717) is 6.61 Å². The smallest absolute Gasteiger partial charge is 0.123 e. The Morgan fingerprint density at radius 2 is 1.86 bits per heavy atom. The van der Waals surface area contributed by atoms with E-state index in [2.05, 4.69) is 58.0 Å². The lowest BCUT2D eigenvalue weighted by Gasteiger charge is -2.41. The van der Waals surface area contributed by atoms with E-state index in [1.807, 2.05) is 24.4 Å². The topological polar surface area (TPSA) is 25.4 Å². The van der Waals surface area contributed by atoms with Gasteiger partial charge in [-0.2, -0.15) is 0 Å². The number of benzene rings is 2. The highest BCUT2D eigenvalue weighted by Crippen LogP contribution is 2.38. The van der Waals surface area contributed by atoms with E-state index in [1.54, 1.807) is 12.1 Å². The zero-order chi connectivity index (χ0) is 20.4. The molecule has 1 aliphatic rings. The van der Waals surface area contributed by atoms with Gasteiger partial charge in [0.1, 0.15) is 5.82 Å². The Morgan fingerprint density at radius 3 is 2.59 bits per heavy atom. The molecule has 3 nitrogen and oxygen atoms in total. The number of fused-ring (bicyclic) bond motifs is 1. The molecule has 1 aromatic heterocycles. The van der Waals surface area contributed by atoms with Crippen molar-refractivity contribution in [1.82, 2.24) is 9.88 Å². The van der Waals surface area contributed by atoms with Crippen molar-refractivity contribution in [1.29, 1.82) is 0 Å². The molecule has 1 saturated heterocycles. The number of nitrogens with zero attached hydrogens (tertiary/aromatic N) is 2. The van der Waals surface area contributed by atoms with Crippen LogP contribution in [0.25, 0.3) is 10.9 Å². The van der Waals surface area contributed by atoms with Gasteiger partial charge < -0.3 is 9.64 Å². The molecule has 2 heterocycles. The largest absolute Gasteiger partial charge is 0.373 e. The molecule has 0 amide bonds. The average Bonchev–Trinajstić information content (AvgIpc) is 2.74. The van der Waals surface area contributed by atoms with Crippen molar-refractivity contribution in [3.8, 4) is 0 Å². The predicted molar refractivity (Wildman–Crippen MR) is 119 cm³/mol. The number of piperidine rings is 1. The summed E-state index contributed by atoms with van der Waals surface area (Å²) in [6.07, 6.45) is 3.74. The summed E-state index contributed by atoms with van der Waals surface area (Å²) >= 11 is 3.62. The first kappa shape index (κ1) is 20.5. The minimum absolute atomic E-state index is 0.0857. The fourth-order valence-electron chi connectivity index (χ4n) is 4.23. The third kappa shape index (κ3) is 4.23. The zero-order valence-electron chi connectivity index (χ0n) is 16.9. The summed E-state index contributed by atoms with van der Waals surface area (Å²) in [6, 6.07) is 15.1. The Balaban J connectivity index is 1.59. The van der Waals surface area contributed by atoms with Crippen LogP contribution in [0.15, 0.2) is 59.2 Å². The van der Waals surface area contributed by atoms with Crippen LogP contribution in [0.3, 0.4) is 0 Å². The lowest BCUT2D eigenvalue weighted by Crippen LogP contribution is -2.44. The van der Waals surface area contributed by atoms with Crippen LogP contribution in [0.2, 0.25) is 0 Å². The summed E-state index contributed by atoms with van der Waals surface area (Å²) in [5, 5.41) is 1.09.